The second kappa shape index (κ2) is 9.10. The van der Waals surface area contributed by atoms with Crippen LogP contribution in [0.15, 0.2) is 58.1 Å². The van der Waals surface area contributed by atoms with Crippen molar-refractivity contribution < 1.29 is 9.90 Å². The topological polar surface area (TPSA) is 83.7 Å². The van der Waals surface area contributed by atoms with E-state index in [1.54, 1.807) is 24.5 Å². The van der Waals surface area contributed by atoms with Gasteiger partial charge in [0.05, 0.1) is 11.6 Å². The number of nitrogens with one attached hydrogen (secondary N) is 1. The van der Waals surface area contributed by atoms with Crippen LogP contribution in [0.25, 0.3) is 5.52 Å². The van der Waals surface area contributed by atoms with E-state index in [-0.39, 0.29) is 17.0 Å². The molecule has 0 aliphatic heterocycles. The van der Waals surface area contributed by atoms with Gasteiger partial charge in [0.1, 0.15) is 5.56 Å². The Bertz CT molecular complexity index is 1110. The van der Waals surface area contributed by atoms with Gasteiger partial charge in [0.25, 0.3) is 11.5 Å². The van der Waals surface area contributed by atoms with Gasteiger partial charge in [-0.25, -0.2) is 0 Å². The van der Waals surface area contributed by atoms with Crippen molar-refractivity contribution in [2.45, 2.75) is 38.2 Å². The number of carbonyl (C=O) groups excluding carboxylic acids is 1. The first-order chi connectivity index (χ1) is 14.5. The first-order valence-corrected chi connectivity index (χ1v) is 11.0. The molecule has 0 aromatic carbocycles. The van der Waals surface area contributed by atoms with E-state index in [1.165, 1.54) is 4.40 Å². The van der Waals surface area contributed by atoms with E-state index in [1.807, 2.05) is 24.3 Å². The van der Waals surface area contributed by atoms with Crippen LogP contribution in [0.1, 0.15) is 47.3 Å². The van der Waals surface area contributed by atoms with Gasteiger partial charge in [-0.15, -0.1) is 0 Å². The second-order valence-electron chi connectivity index (χ2n) is 7.81. The average Bonchev–Trinajstić information content (AvgIpc) is 2.76. The molecule has 3 aromatic rings. The standard InChI is InChI=1S/C23H24BrN3O3/c24-17-8-9-18(25-14-17)11-16-12-19(23(30)27-10-4-3-6-20(16)27)22(29)26-13-15-5-1-2-7-21(15)28/h3-4,6,8-10,12,14-15,21,28H,1-2,5,7,11,13H2,(H,26,29). The van der Waals surface area contributed by atoms with E-state index < -0.39 is 12.0 Å². The van der Waals surface area contributed by atoms with Gasteiger partial charge in [-0.3, -0.25) is 19.0 Å². The molecule has 1 amide bonds. The van der Waals surface area contributed by atoms with Crippen LogP contribution in [0.4, 0.5) is 0 Å². The van der Waals surface area contributed by atoms with Crippen molar-refractivity contribution in [3.05, 3.63) is 80.4 Å². The molecule has 2 unspecified atom stereocenters. The van der Waals surface area contributed by atoms with Crippen LogP contribution in [0.2, 0.25) is 0 Å². The number of nitrogens with zero attached hydrogens (tertiary/aromatic N) is 2. The SMILES string of the molecule is O=C(NCC1CCCCC1O)c1cc(Cc2ccc(Br)cn2)c2ccccn2c1=O. The van der Waals surface area contributed by atoms with E-state index in [0.717, 1.165) is 46.9 Å². The molecule has 0 bridgehead atoms. The molecule has 2 atom stereocenters. The van der Waals surface area contributed by atoms with Crippen LogP contribution in [0, 0.1) is 5.92 Å². The Morgan fingerprint density at radius 1 is 1.23 bits per heavy atom. The third-order valence-corrected chi connectivity index (χ3v) is 6.22. The minimum atomic E-state index is -0.402. The molecule has 4 rings (SSSR count). The molecule has 3 heterocycles. The normalized spacial score (nSPS) is 19.0. The lowest BCUT2D eigenvalue weighted by Gasteiger charge is -2.27. The average molecular weight is 470 g/mol. The number of fused-ring (bicyclic) bond motifs is 1. The summed E-state index contributed by atoms with van der Waals surface area (Å²) in [7, 11) is 0. The molecule has 0 radical (unpaired) electrons. The van der Waals surface area contributed by atoms with Crippen molar-refractivity contribution in [3.8, 4) is 0 Å². The predicted octanol–water partition coefficient (Wildman–Crippen LogP) is 3.33. The Labute approximate surface area is 183 Å². The lowest BCUT2D eigenvalue weighted by molar-refractivity contribution is 0.0662. The number of aliphatic hydroxyl groups excluding tert-OH is 1. The maximum Gasteiger partial charge on any atom is 0.267 e. The molecule has 7 heteroatoms. The molecule has 3 aromatic heterocycles. The third kappa shape index (κ3) is 4.47. The van der Waals surface area contributed by atoms with Crippen LogP contribution >= 0.6 is 15.9 Å². The summed E-state index contributed by atoms with van der Waals surface area (Å²) in [6.07, 6.45) is 7.25. The smallest absolute Gasteiger partial charge is 0.267 e. The van der Waals surface area contributed by atoms with E-state index in [4.69, 9.17) is 0 Å². The lowest BCUT2D eigenvalue weighted by atomic mass is 9.86. The van der Waals surface area contributed by atoms with Gasteiger partial charge in [-0.2, -0.15) is 0 Å². The zero-order valence-corrected chi connectivity index (χ0v) is 18.1. The minimum absolute atomic E-state index is 0.0392. The number of amides is 1. The number of aromatic nitrogens is 2. The zero-order valence-electron chi connectivity index (χ0n) is 16.6. The van der Waals surface area contributed by atoms with E-state index >= 15 is 0 Å². The summed E-state index contributed by atoms with van der Waals surface area (Å²) in [5, 5.41) is 13.0. The number of halogens is 1. The van der Waals surface area contributed by atoms with Gasteiger partial charge in [0, 0.05) is 41.4 Å². The highest BCUT2D eigenvalue weighted by Crippen LogP contribution is 2.23. The van der Waals surface area contributed by atoms with Gasteiger partial charge in [-0.05, 0) is 64.7 Å². The fraction of sp³-hybridized carbons (Fsp3) is 0.348. The summed E-state index contributed by atoms with van der Waals surface area (Å²) in [6.45, 7) is 0.376. The number of hydrogen-bond donors (Lipinski definition) is 2. The van der Waals surface area contributed by atoms with Gasteiger partial charge < -0.3 is 10.4 Å². The largest absolute Gasteiger partial charge is 0.393 e. The molecule has 1 aliphatic rings. The Morgan fingerprint density at radius 2 is 2.07 bits per heavy atom. The van der Waals surface area contributed by atoms with E-state index in [2.05, 4.69) is 26.2 Å². The molecule has 2 N–H and O–H groups in total. The maximum absolute atomic E-state index is 13.0. The van der Waals surface area contributed by atoms with Crippen LogP contribution in [0.5, 0.6) is 0 Å². The van der Waals surface area contributed by atoms with Crippen molar-refractivity contribution in [2.75, 3.05) is 6.54 Å². The Morgan fingerprint density at radius 3 is 2.83 bits per heavy atom. The molecule has 156 valence electrons. The number of hydrogen-bond acceptors (Lipinski definition) is 4. The summed E-state index contributed by atoms with van der Waals surface area (Å²) < 4.78 is 2.41. The third-order valence-electron chi connectivity index (χ3n) is 5.76. The van der Waals surface area contributed by atoms with Gasteiger partial charge >= 0.3 is 0 Å². The molecule has 1 saturated carbocycles. The number of carbonyl (C=O) groups is 1. The van der Waals surface area contributed by atoms with Gasteiger partial charge in [0.2, 0.25) is 0 Å². The fourth-order valence-electron chi connectivity index (χ4n) is 4.08. The molecule has 30 heavy (non-hydrogen) atoms. The summed E-state index contributed by atoms with van der Waals surface area (Å²) in [5.41, 5.74) is 2.22. The van der Waals surface area contributed by atoms with Gasteiger partial charge in [-0.1, -0.05) is 18.9 Å². The van der Waals surface area contributed by atoms with Crippen molar-refractivity contribution in [1.82, 2.24) is 14.7 Å². The lowest BCUT2D eigenvalue weighted by Crippen LogP contribution is -2.39. The molecule has 0 spiro atoms. The highest BCUT2D eigenvalue weighted by atomic mass is 79.9. The Balaban J connectivity index is 1.64. The summed E-state index contributed by atoms with van der Waals surface area (Å²) in [6, 6.07) is 11.0. The maximum atomic E-state index is 13.0. The first kappa shape index (κ1) is 20.8. The molecule has 0 saturated heterocycles. The Kier molecular flexibility index (Phi) is 6.29. The first-order valence-electron chi connectivity index (χ1n) is 10.2. The van der Waals surface area contributed by atoms with E-state index in [0.29, 0.717) is 13.0 Å². The quantitative estimate of drug-likeness (QED) is 0.600. The molecule has 1 aliphatic carbocycles. The molecule has 1 fully saturated rings. The highest BCUT2D eigenvalue weighted by Gasteiger charge is 2.24. The summed E-state index contributed by atoms with van der Waals surface area (Å²) >= 11 is 3.39. The fourth-order valence-corrected chi connectivity index (χ4v) is 4.31. The van der Waals surface area contributed by atoms with Crippen molar-refractivity contribution >= 4 is 27.4 Å². The second-order valence-corrected chi connectivity index (χ2v) is 8.73. The number of aliphatic hydroxyl groups is 1. The van der Waals surface area contributed by atoms with Crippen molar-refractivity contribution in [1.29, 1.82) is 0 Å². The molecule has 6 nitrogen and oxygen atoms in total. The number of pyridine rings is 3. The zero-order chi connectivity index (χ0) is 21.1. The summed E-state index contributed by atoms with van der Waals surface area (Å²) in [4.78, 5) is 30.3. The van der Waals surface area contributed by atoms with Crippen LogP contribution in [0.3, 0.4) is 0 Å². The summed E-state index contributed by atoms with van der Waals surface area (Å²) in [5.74, 6) is -0.363. The van der Waals surface area contributed by atoms with E-state index in [9.17, 15) is 14.7 Å². The van der Waals surface area contributed by atoms with Crippen molar-refractivity contribution in [3.63, 3.8) is 0 Å². The molecular formula is C23H24BrN3O3. The Hall–Kier alpha value is -2.51. The van der Waals surface area contributed by atoms with Crippen LogP contribution in [-0.2, 0) is 6.42 Å². The minimum Gasteiger partial charge on any atom is -0.393 e. The van der Waals surface area contributed by atoms with Gasteiger partial charge in [0.15, 0.2) is 0 Å². The predicted molar refractivity (Wildman–Crippen MR) is 119 cm³/mol. The van der Waals surface area contributed by atoms with Crippen LogP contribution < -0.4 is 10.9 Å². The highest BCUT2D eigenvalue weighted by molar-refractivity contribution is 9.10. The number of rotatable bonds is 5. The van der Waals surface area contributed by atoms with Crippen LogP contribution in [-0.4, -0.2) is 33.0 Å². The monoisotopic (exact) mass is 469 g/mol. The molecular weight excluding hydrogens is 446 g/mol. The van der Waals surface area contributed by atoms with Crippen molar-refractivity contribution in [2.24, 2.45) is 5.92 Å².